The first-order valence-electron chi connectivity index (χ1n) is 7.19. The van der Waals surface area contributed by atoms with Crippen molar-refractivity contribution in [3.05, 3.63) is 59.7 Å². The number of rotatable bonds is 5. The molecule has 2 aromatic carbocycles. The second kappa shape index (κ2) is 7.84. The predicted octanol–water partition coefficient (Wildman–Crippen LogP) is 2.43. The molecule has 0 fully saturated rings. The molecule has 0 atom stereocenters. The quantitative estimate of drug-likeness (QED) is 0.791. The Bertz CT molecular complexity index is 700. The molecule has 23 heavy (non-hydrogen) atoms. The number of carbonyl (C=O) groups is 2. The van der Waals surface area contributed by atoms with Crippen molar-refractivity contribution in [3.63, 3.8) is 0 Å². The standard InChI is InChI=1S/C17H18N2O4/c1-2-23-15-10-6-3-7-12(15)11-18-17(22)19-16(21)13-8-4-5-9-14(13)20/h3-10,20H,2,11H2,1H3,(H2,18,19,21,22). The Morgan fingerprint density at radius 1 is 1.09 bits per heavy atom. The molecule has 120 valence electrons. The number of phenols is 1. The van der Waals surface area contributed by atoms with E-state index in [1.807, 2.05) is 31.2 Å². The van der Waals surface area contributed by atoms with Crippen LogP contribution in [0.2, 0.25) is 0 Å². The number of benzene rings is 2. The second-order valence-electron chi connectivity index (χ2n) is 4.69. The van der Waals surface area contributed by atoms with Crippen LogP contribution in [0.5, 0.6) is 11.5 Å². The van der Waals surface area contributed by atoms with Crippen LogP contribution in [-0.2, 0) is 6.54 Å². The Hall–Kier alpha value is -3.02. The van der Waals surface area contributed by atoms with Crippen molar-refractivity contribution >= 4 is 11.9 Å². The van der Waals surface area contributed by atoms with E-state index in [-0.39, 0.29) is 17.9 Å². The molecule has 2 aromatic rings. The van der Waals surface area contributed by atoms with Crippen molar-refractivity contribution < 1.29 is 19.4 Å². The fraction of sp³-hybridized carbons (Fsp3) is 0.176. The van der Waals surface area contributed by atoms with Crippen LogP contribution in [0.25, 0.3) is 0 Å². The van der Waals surface area contributed by atoms with Crippen molar-refractivity contribution in [2.45, 2.75) is 13.5 Å². The highest BCUT2D eigenvalue weighted by Gasteiger charge is 2.13. The summed E-state index contributed by atoms with van der Waals surface area (Å²) in [5, 5.41) is 14.3. The Morgan fingerprint density at radius 3 is 2.52 bits per heavy atom. The van der Waals surface area contributed by atoms with Crippen molar-refractivity contribution in [3.8, 4) is 11.5 Å². The van der Waals surface area contributed by atoms with Gasteiger partial charge in [-0.3, -0.25) is 10.1 Å². The van der Waals surface area contributed by atoms with E-state index < -0.39 is 11.9 Å². The Kier molecular flexibility index (Phi) is 5.57. The topological polar surface area (TPSA) is 87.7 Å². The van der Waals surface area contributed by atoms with Gasteiger partial charge in [0.1, 0.15) is 11.5 Å². The summed E-state index contributed by atoms with van der Waals surface area (Å²) in [6, 6.07) is 12.7. The van der Waals surface area contributed by atoms with Gasteiger partial charge in [-0.15, -0.1) is 0 Å². The molecule has 0 unspecified atom stereocenters. The van der Waals surface area contributed by atoms with E-state index >= 15 is 0 Å². The molecule has 0 aliphatic rings. The molecule has 0 spiro atoms. The number of hydrogen-bond donors (Lipinski definition) is 3. The zero-order valence-corrected chi connectivity index (χ0v) is 12.7. The van der Waals surface area contributed by atoms with Gasteiger partial charge >= 0.3 is 6.03 Å². The van der Waals surface area contributed by atoms with E-state index in [0.717, 1.165) is 5.56 Å². The van der Waals surface area contributed by atoms with Crippen LogP contribution >= 0.6 is 0 Å². The number of amides is 3. The third kappa shape index (κ3) is 4.47. The number of para-hydroxylation sites is 2. The third-order valence-corrected chi connectivity index (χ3v) is 3.09. The van der Waals surface area contributed by atoms with Gasteiger partial charge in [-0.05, 0) is 25.1 Å². The van der Waals surface area contributed by atoms with E-state index in [0.29, 0.717) is 12.4 Å². The highest BCUT2D eigenvalue weighted by molar-refractivity contribution is 6.05. The number of urea groups is 1. The highest BCUT2D eigenvalue weighted by Crippen LogP contribution is 2.17. The lowest BCUT2D eigenvalue weighted by Crippen LogP contribution is -2.39. The van der Waals surface area contributed by atoms with Crippen LogP contribution in [0, 0.1) is 0 Å². The minimum Gasteiger partial charge on any atom is -0.507 e. The van der Waals surface area contributed by atoms with Crippen molar-refractivity contribution in [1.29, 1.82) is 0 Å². The second-order valence-corrected chi connectivity index (χ2v) is 4.69. The Balaban J connectivity index is 1.93. The lowest BCUT2D eigenvalue weighted by atomic mass is 10.2. The molecule has 0 saturated carbocycles. The fourth-order valence-corrected chi connectivity index (χ4v) is 2.00. The van der Waals surface area contributed by atoms with E-state index in [9.17, 15) is 14.7 Å². The van der Waals surface area contributed by atoms with Gasteiger partial charge in [0.2, 0.25) is 0 Å². The van der Waals surface area contributed by atoms with Crippen LogP contribution in [0.1, 0.15) is 22.8 Å². The molecule has 0 heterocycles. The molecule has 0 bridgehead atoms. The van der Waals surface area contributed by atoms with Crippen molar-refractivity contribution in [2.75, 3.05) is 6.61 Å². The van der Waals surface area contributed by atoms with Gasteiger partial charge in [0.05, 0.1) is 12.2 Å². The van der Waals surface area contributed by atoms with Crippen molar-refractivity contribution in [2.24, 2.45) is 0 Å². The third-order valence-electron chi connectivity index (χ3n) is 3.09. The zero-order valence-electron chi connectivity index (χ0n) is 12.7. The van der Waals surface area contributed by atoms with Gasteiger partial charge < -0.3 is 15.2 Å². The maximum atomic E-state index is 11.9. The van der Waals surface area contributed by atoms with Gasteiger partial charge in [-0.25, -0.2) is 4.79 Å². The van der Waals surface area contributed by atoms with Crippen LogP contribution in [0.4, 0.5) is 4.79 Å². The van der Waals surface area contributed by atoms with E-state index in [4.69, 9.17) is 4.74 Å². The molecular weight excluding hydrogens is 296 g/mol. The average Bonchev–Trinajstić information content (AvgIpc) is 2.54. The Morgan fingerprint density at radius 2 is 1.78 bits per heavy atom. The first kappa shape index (κ1) is 16.4. The number of ether oxygens (including phenoxy) is 1. The van der Waals surface area contributed by atoms with Crippen LogP contribution in [0.3, 0.4) is 0 Å². The normalized spacial score (nSPS) is 9.96. The molecule has 6 nitrogen and oxygen atoms in total. The Labute approximate surface area is 134 Å². The molecule has 3 amide bonds. The summed E-state index contributed by atoms with van der Waals surface area (Å²) < 4.78 is 5.46. The van der Waals surface area contributed by atoms with Gasteiger partial charge in [0, 0.05) is 12.1 Å². The molecule has 0 aromatic heterocycles. The number of nitrogens with one attached hydrogen (secondary N) is 2. The minimum atomic E-state index is -0.668. The highest BCUT2D eigenvalue weighted by atomic mass is 16.5. The summed E-state index contributed by atoms with van der Waals surface area (Å²) >= 11 is 0. The summed E-state index contributed by atoms with van der Waals surface area (Å²) in [6.45, 7) is 2.62. The van der Waals surface area contributed by atoms with Crippen LogP contribution in [0.15, 0.2) is 48.5 Å². The maximum Gasteiger partial charge on any atom is 0.321 e. The molecule has 0 radical (unpaired) electrons. The number of aromatic hydroxyl groups is 1. The molecule has 2 rings (SSSR count). The van der Waals surface area contributed by atoms with E-state index in [1.165, 1.54) is 12.1 Å². The molecule has 0 aliphatic heterocycles. The molecular formula is C17H18N2O4. The maximum absolute atomic E-state index is 11.9. The SMILES string of the molecule is CCOc1ccccc1CNC(=O)NC(=O)c1ccccc1O. The van der Waals surface area contributed by atoms with Gasteiger partial charge in [-0.1, -0.05) is 30.3 Å². The largest absolute Gasteiger partial charge is 0.507 e. The number of hydrogen-bond acceptors (Lipinski definition) is 4. The molecule has 3 N–H and O–H groups in total. The first-order chi connectivity index (χ1) is 11.1. The summed E-state index contributed by atoms with van der Waals surface area (Å²) in [6.07, 6.45) is 0. The average molecular weight is 314 g/mol. The first-order valence-corrected chi connectivity index (χ1v) is 7.19. The predicted molar refractivity (Wildman–Crippen MR) is 85.4 cm³/mol. The van der Waals surface area contributed by atoms with Crippen LogP contribution < -0.4 is 15.4 Å². The summed E-state index contributed by atoms with van der Waals surface area (Å²) in [7, 11) is 0. The monoisotopic (exact) mass is 314 g/mol. The van der Waals surface area contributed by atoms with Gasteiger partial charge in [0.15, 0.2) is 0 Å². The van der Waals surface area contributed by atoms with Crippen LogP contribution in [-0.4, -0.2) is 23.7 Å². The molecule has 6 heteroatoms. The number of imide groups is 1. The summed E-state index contributed by atoms with van der Waals surface area (Å²) in [4.78, 5) is 23.7. The van der Waals surface area contributed by atoms with Gasteiger partial charge in [0.25, 0.3) is 5.91 Å². The number of phenolic OH excluding ortho intramolecular Hbond substituents is 1. The summed E-state index contributed by atoms with van der Waals surface area (Å²) in [5.41, 5.74) is 0.844. The zero-order chi connectivity index (χ0) is 16.7. The smallest absolute Gasteiger partial charge is 0.321 e. The minimum absolute atomic E-state index is 0.0392. The molecule has 0 saturated heterocycles. The van der Waals surface area contributed by atoms with Gasteiger partial charge in [-0.2, -0.15) is 0 Å². The number of carbonyl (C=O) groups excluding carboxylic acids is 2. The lowest BCUT2D eigenvalue weighted by Gasteiger charge is -2.11. The molecule has 0 aliphatic carbocycles. The van der Waals surface area contributed by atoms with E-state index in [2.05, 4.69) is 10.6 Å². The van der Waals surface area contributed by atoms with Crippen molar-refractivity contribution in [1.82, 2.24) is 10.6 Å². The van der Waals surface area contributed by atoms with E-state index in [1.54, 1.807) is 12.1 Å². The summed E-state index contributed by atoms with van der Waals surface area (Å²) in [5.74, 6) is -0.166. The fourth-order valence-electron chi connectivity index (χ4n) is 2.00. The lowest BCUT2D eigenvalue weighted by molar-refractivity contribution is 0.0961.